The van der Waals surface area contributed by atoms with E-state index < -0.39 is 0 Å². The maximum absolute atomic E-state index is 11.2. The number of rotatable bonds is 0. The Morgan fingerprint density at radius 1 is 1.36 bits per heavy atom. The summed E-state index contributed by atoms with van der Waals surface area (Å²) in [5, 5.41) is 10.2. The van der Waals surface area contributed by atoms with Crippen LogP contribution in [-0.4, -0.2) is 5.11 Å². The minimum Gasteiger partial charge on any atom is -0.507 e. The first-order chi connectivity index (χ1) is 6.58. The first-order valence-corrected chi connectivity index (χ1v) is 4.80. The van der Waals surface area contributed by atoms with Crippen molar-refractivity contribution in [1.82, 2.24) is 0 Å². The van der Waals surface area contributed by atoms with Crippen molar-refractivity contribution in [2.75, 3.05) is 0 Å². The minimum atomic E-state index is -0.376. The van der Waals surface area contributed by atoms with Gasteiger partial charge in [0, 0.05) is 17.0 Å². The number of aromatic hydroxyl groups is 1. The Morgan fingerprint density at radius 3 is 2.79 bits per heavy atom. The summed E-state index contributed by atoms with van der Waals surface area (Å²) in [4.78, 5) is 11.2. The van der Waals surface area contributed by atoms with Crippen molar-refractivity contribution >= 4 is 26.9 Å². The van der Waals surface area contributed by atoms with Crippen molar-refractivity contribution in [3.63, 3.8) is 0 Å². The summed E-state index contributed by atoms with van der Waals surface area (Å²) in [6.45, 7) is 1.69. The van der Waals surface area contributed by atoms with Gasteiger partial charge in [0.15, 0.2) is 0 Å². The molecule has 1 N–H and O–H groups in total. The lowest BCUT2D eigenvalue weighted by Gasteiger charge is -2.00. The van der Waals surface area contributed by atoms with Crippen LogP contribution in [0.15, 0.2) is 31.9 Å². The van der Waals surface area contributed by atoms with Crippen molar-refractivity contribution in [1.29, 1.82) is 0 Å². The summed E-state index contributed by atoms with van der Waals surface area (Å²) in [5.74, 6) is 0.0597. The predicted molar refractivity (Wildman–Crippen MR) is 56.6 cm³/mol. The monoisotopic (exact) mass is 254 g/mol. The molecule has 0 saturated carbocycles. The fraction of sp³-hybridized carbons (Fsp3) is 0.100. The molecule has 0 amide bonds. The lowest BCUT2D eigenvalue weighted by atomic mass is 10.2. The second kappa shape index (κ2) is 3.13. The van der Waals surface area contributed by atoms with Crippen molar-refractivity contribution < 1.29 is 9.52 Å². The Kier molecular flexibility index (Phi) is 2.07. The second-order valence-electron chi connectivity index (χ2n) is 3.06. The van der Waals surface area contributed by atoms with Crippen LogP contribution in [0.2, 0.25) is 0 Å². The van der Waals surface area contributed by atoms with Crippen LogP contribution >= 0.6 is 15.9 Å². The Morgan fingerprint density at radius 2 is 2.07 bits per heavy atom. The van der Waals surface area contributed by atoms with E-state index in [2.05, 4.69) is 15.9 Å². The molecule has 2 aromatic rings. The van der Waals surface area contributed by atoms with Crippen LogP contribution in [0.3, 0.4) is 0 Å². The second-order valence-corrected chi connectivity index (χ2v) is 3.91. The van der Waals surface area contributed by atoms with Gasteiger partial charge in [-0.3, -0.25) is 0 Å². The van der Waals surface area contributed by atoms with Crippen LogP contribution < -0.4 is 5.63 Å². The molecule has 0 fully saturated rings. The lowest BCUT2D eigenvalue weighted by Crippen LogP contribution is -2.01. The molecule has 0 bridgehead atoms. The van der Waals surface area contributed by atoms with Crippen molar-refractivity contribution in [2.45, 2.75) is 6.92 Å². The molecule has 1 aromatic carbocycles. The van der Waals surface area contributed by atoms with E-state index in [1.165, 1.54) is 6.07 Å². The van der Waals surface area contributed by atoms with Gasteiger partial charge in [-0.05, 0) is 35.0 Å². The van der Waals surface area contributed by atoms with Gasteiger partial charge in [-0.25, -0.2) is 4.79 Å². The van der Waals surface area contributed by atoms with Gasteiger partial charge in [0.1, 0.15) is 11.3 Å². The highest BCUT2D eigenvalue weighted by Gasteiger charge is 2.05. The summed E-state index contributed by atoms with van der Waals surface area (Å²) in [6.07, 6.45) is 0. The molecule has 14 heavy (non-hydrogen) atoms. The maximum atomic E-state index is 11.2. The van der Waals surface area contributed by atoms with E-state index in [0.29, 0.717) is 15.6 Å². The molecule has 0 saturated heterocycles. The molecule has 2 rings (SSSR count). The third-order valence-electron chi connectivity index (χ3n) is 1.98. The predicted octanol–water partition coefficient (Wildman–Crippen LogP) is 2.57. The highest BCUT2D eigenvalue weighted by atomic mass is 79.9. The summed E-state index contributed by atoms with van der Waals surface area (Å²) >= 11 is 3.19. The molecule has 0 unspecified atom stereocenters. The van der Waals surface area contributed by atoms with E-state index in [4.69, 9.17) is 4.42 Å². The number of hydrogen-bond acceptors (Lipinski definition) is 3. The molecule has 1 heterocycles. The number of halogens is 1. The smallest absolute Gasteiger partial charge is 0.339 e. The third kappa shape index (κ3) is 1.42. The van der Waals surface area contributed by atoms with Gasteiger partial charge >= 0.3 is 5.63 Å². The summed E-state index contributed by atoms with van der Waals surface area (Å²) in [7, 11) is 0. The van der Waals surface area contributed by atoms with E-state index in [0.717, 1.165) is 5.39 Å². The molecule has 0 aliphatic heterocycles. The first-order valence-electron chi connectivity index (χ1n) is 4.01. The molecular formula is C10H7BrO3. The molecule has 72 valence electrons. The Labute approximate surface area is 88.1 Å². The van der Waals surface area contributed by atoms with Gasteiger partial charge in [0.2, 0.25) is 0 Å². The minimum absolute atomic E-state index is 0.0597. The fourth-order valence-corrected chi connectivity index (χ4v) is 1.59. The molecule has 0 aliphatic rings. The summed E-state index contributed by atoms with van der Waals surface area (Å²) in [5.41, 5.74) is 0.565. The fourth-order valence-electron chi connectivity index (χ4n) is 1.23. The van der Waals surface area contributed by atoms with E-state index in [1.807, 2.05) is 0 Å². The van der Waals surface area contributed by atoms with E-state index >= 15 is 0 Å². The topological polar surface area (TPSA) is 50.4 Å². The maximum Gasteiger partial charge on any atom is 0.339 e. The summed E-state index contributed by atoms with van der Waals surface area (Å²) in [6, 6.07) is 4.85. The Hall–Kier alpha value is -1.29. The van der Waals surface area contributed by atoms with Gasteiger partial charge in [0.25, 0.3) is 0 Å². The van der Waals surface area contributed by atoms with Gasteiger partial charge < -0.3 is 9.52 Å². The average molecular weight is 255 g/mol. The molecule has 0 radical (unpaired) electrons. The van der Waals surface area contributed by atoms with Crippen LogP contribution in [0.25, 0.3) is 11.0 Å². The lowest BCUT2D eigenvalue weighted by molar-refractivity contribution is 0.469. The average Bonchev–Trinajstić information content (AvgIpc) is 2.11. The number of aryl methyl sites for hydroxylation is 1. The zero-order valence-corrected chi connectivity index (χ0v) is 8.96. The quantitative estimate of drug-likeness (QED) is 0.736. The normalized spacial score (nSPS) is 10.7. The molecule has 0 spiro atoms. The molecule has 0 aliphatic carbocycles. The van der Waals surface area contributed by atoms with Gasteiger partial charge in [-0.1, -0.05) is 0 Å². The zero-order chi connectivity index (χ0) is 10.3. The number of fused-ring (bicyclic) bond motifs is 1. The van der Waals surface area contributed by atoms with Gasteiger partial charge in [-0.15, -0.1) is 0 Å². The van der Waals surface area contributed by atoms with Crippen molar-refractivity contribution in [2.24, 2.45) is 0 Å². The van der Waals surface area contributed by atoms with Crippen LogP contribution in [0.1, 0.15) is 5.56 Å². The standard InChI is InChI=1S/C10H7BrO3/c1-5-2-6-3-7(11)8(12)4-9(6)14-10(5)13/h2-4,12H,1H3. The van der Waals surface area contributed by atoms with Gasteiger partial charge in [0.05, 0.1) is 4.47 Å². The zero-order valence-electron chi connectivity index (χ0n) is 7.37. The van der Waals surface area contributed by atoms with Crippen LogP contribution in [-0.2, 0) is 0 Å². The number of phenolic OH excluding ortho intramolecular Hbond substituents is 1. The van der Waals surface area contributed by atoms with E-state index in [9.17, 15) is 9.90 Å². The van der Waals surface area contributed by atoms with E-state index in [1.54, 1.807) is 19.1 Å². The van der Waals surface area contributed by atoms with E-state index in [-0.39, 0.29) is 11.4 Å². The molecule has 3 nitrogen and oxygen atoms in total. The molecule has 4 heteroatoms. The number of phenols is 1. The van der Waals surface area contributed by atoms with Crippen LogP contribution in [0.5, 0.6) is 5.75 Å². The highest BCUT2D eigenvalue weighted by Crippen LogP contribution is 2.28. The first kappa shape index (κ1) is 9.27. The molecule has 0 atom stereocenters. The van der Waals surface area contributed by atoms with Crippen LogP contribution in [0, 0.1) is 6.92 Å². The Bertz CT molecular complexity index is 557. The number of benzene rings is 1. The Balaban J connectivity index is 2.90. The van der Waals surface area contributed by atoms with Crippen LogP contribution in [0.4, 0.5) is 0 Å². The number of hydrogen-bond donors (Lipinski definition) is 1. The summed E-state index contributed by atoms with van der Waals surface area (Å²) < 4.78 is 5.57. The SMILES string of the molecule is Cc1cc2cc(Br)c(O)cc2oc1=O. The van der Waals surface area contributed by atoms with Crippen molar-refractivity contribution in [3.05, 3.63) is 38.7 Å². The molecular weight excluding hydrogens is 248 g/mol. The van der Waals surface area contributed by atoms with Gasteiger partial charge in [-0.2, -0.15) is 0 Å². The van der Waals surface area contributed by atoms with Crippen molar-refractivity contribution in [3.8, 4) is 5.75 Å². The molecule has 1 aromatic heterocycles. The third-order valence-corrected chi connectivity index (χ3v) is 2.61. The highest BCUT2D eigenvalue weighted by molar-refractivity contribution is 9.10. The largest absolute Gasteiger partial charge is 0.507 e.